The molecule has 0 aliphatic carbocycles. The monoisotopic (exact) mass is 296 g/mol. The molecule has 2 aromatic carbocycles. The van der Waals surface area contributed by atoms with Crippen LogP contribution in [0.2, 0.25) is 0 Å². The van der Waals surface area contributed by atoms with Gasteiger partial charge in [-0.3, -0.25) is 0 Å². The summed E-state index contributed by atoms with van der Waals surface area (Å²) in [7, 11) is 0. The SMILES string of the molecule is NCCOc1ccc(-c2csc(-c3ccccc3)n2)cc1. The first-order valence-corrected chi connectivity index (χ1v) is 7.69. The van der Waals surface area contributed by atoms with Gasteiger partial charge in [0.25, 0.3) is 0 Å². The Kier molecular flexibility index (Phi) is 4.28. The zero-order chi connectivity index (χ0) is 14.5. The second-order valence-electron chi connectivity index (χ2n) is 4.57. The normalized spacial score (nSPS) is 10.5. The fourth-order valence-corrected chi connectivity index (χ4v) is 2.85. The van der Waals surface area contributed by atoms with Crippen LogP contribution in [0.3, 0.4) is 0 Å². The molecule has 3 aromatic rings. The van der Waals surface area contributed by atoms with Crippen molar-refractivity contribution >= 4 is 11.3 Å². The molecule has 0 amide bonds. The quantitative estimate of drug-likeness (QED) is 0.778. The summed E-state index contributed by atoms with van der Waals surface area (Å²) in [6.07, 6.45) is 0. The molecular formula is C17H16N2OS. The van der Waals surface area contributed by atoms with Gasteiger partial charge in [-0.2, -0.15) is 0 Å². The molecular weight excluding hydrogens is 280 g/mol. The molecule has 0 fully saturated rings. The molecule has 1 aromatic heterocycles. The number of aromatic nitrogens is 1. The zero-order valence-electron chi connectivity index (χ0n) is 11.5. The van der Waals surface area contributed by atoms with Gasteiger partial charge in [-0.1, -0.05) is 30.3 Å². The molecule has 3 rings (SSSR count). The number of nitrogens with zero attached hydrogens (tertiary/aromatic N) is 1. The van der Waals surface area contributed by atoms with E-state index >= 15 is 0 Å². The highest BCUT2D eigenvalue weighted by atomic mass is 32.1. The molecule has 106 valence electrons. The Hall–Kier alpha value is -2.17. The van der Waals surface area contributed by atoms with Gasteiger partial charge in [0.1, 0.15) is 17.4 Å². The molecule has 0 radical (unpaired) electrons. The molecule has 1 heterocycles. The van der Waals surface area contributed by atoms with E-state index in [0.717, 1.165) is 27.6 Å². The highest BCUT2D eigenvalue weighted by Crippen LogP contribution is 2.29. The second-order valence-corrected chi connectivity index (χ2v) is 5.42. The predicted molar refractivity (Wildman–Crippen MR) is 87.5 cm³/mol. The number of hydrogen-bond acceptors (Lipinski definition) is 4. The molecule has 0 spiro atoms. The van der Waals surface area contributed by atoms with Gasteiger partial charge in [0.05, 0.1) is 5.69 Å². The van der Waals surface area contributed by atoms with E-state index in [9.17, 15) is 0 Å². The Labute approximate surface area is 128 Å². The summed E-state index contributed by atoms with van der Waals surface area (Å²) in [5, 5.41) is 3.12. The fourth-order valence-electron chi connectivity index (χ4n) is 2.02. The number of benzene rings is 2. The molecule has 21 heavy (non-hydrogen) atoms. The van der Waals surface area contributed by atoms with Crippen LogP contribution >= 0.6 is 11.3 Å². The Bertz CT molecular complexity index is 692. The van der Waals surface area contributed by atoms with Crippen LogP contribution in [0, 0.1) is 0 Å². The summed E-state index contributed by atoms with van der Waals surface area (Å²) in [5.41, 5.74) is 8.65. The maximum Gasteiger partial charge on any atom is 0.124 e. The van der Waals surface area contributed by atoms with Crippen LogP contribution in [0.25, 0.3) is 21.8 Å². The molecule has 0 aliphatic rings. The van der Waals surface area contributed by atoms with E-state index in [1.54, 1.807) is 11.3 Å². The van der Waals surface area contributed by atoms with Gasteiger partial charge in [0.2, 0.25) is 0 Å². The van der Waals surface area contributed by atoms with Crippen LogP contribution in [0.1, 0.15) is 0 Å². The molecule has 2 N–H and O–H groups in total. The summed E-state index contributed by atoms with van der Waals surface area (Å²) in [6, 6.07) is 18.2. The number of thiazole rings is 1. The third kappa shape index (κ3) is 3.29. The van der Waals surface area contributed by atoms with Crippen molar-refractivity contribution in [3.05, 3.63) is 60.0 Å². The van der Waals surface area contributed by atoms with Crippen molar-refractivity contribution in [2.45, 2.75) is 0 Å². The van der Waals surface area contributed by atoms with Gasteiger partial charge in [0, 0.05) is 23.1 Å². The van der Waals surface area contributed by atoms with Crippen LogP contribution in [-0.2, 0) is 0 Å². The van der Waals surface area contributed by atoms with Crippen LogP contribution in [-0.4, -0.2) is 18.1 Å². The lowest BCUT2D eigenvalue weighted by Gasteiger charge is -2.04. The minimum atomic E-state index is 0.522. The number of hydrogen-bond donors (Lipinski definition) is 1. The van der Waals surface area contributed by atoms with Crippen molar-refractivity contribution in [3.8, 4) is 27.6 Å². The highest BCUT2D eigenvalue weighted by Gasteiger charge is 2.06. The maximum absolute atomic E-state index is 5.48. The number of rotatable bonds is 5. The van der Waals surface area contributed by atoms with Gasteiger partial charge < -0.3 is 10.5 Å². The lowest BCUT2D eigenvalue weighted by molar-refractivity contribution is 0.328. The summed E-state index contributed by atoms with van der Waals surface area (Å²) in [5.74, 6) is 0.836. The average molecular weight is 296 g/mol. The van der Waals surface area contributed by atoms with Crippen molar-refractivity contribution in [2.75, 3.05) is 13.2 Å². The standard InChI is InChI=1S/C17H16N2OS/c18-10-11-20-15-8-6-13(7-9-15)16-12-21-17(19-16)14-4-2-1-3-5-14/h1-9,12H,10-11,18H2. The van der Waals surface area contributed by atoms with Crippen molar-refractivity contribution in [1.29, 1.82) is 0 Å². The third-order valence-corrected chi connectivity index (χ3v) is 3.95. The second kappa shape index (κ2) is 6.52. The summed E-state index contributed by atoms with van der Waals surface area (Å²) in [4.78, 5) is 4.70. The summed E-state index contributed by atoms with van der Waals surface area (Å²) < 4.78 is 5.48. The molecule has 0 atom stereocenters. The summed E-state index contributed by atoms with van der Waals surface area (Å²) in [6.45, 7) is 1.06. The van der Waals surface area contributed by atoms with Crippen LogP contribution in [0.15, 0.2) is 60.0 Å². The molecule has 0 aliphatic heterocycles. The van der Waals surface area contributed by atoms with Gasteiger partial charge in [0.15, 0.2) is 0 Å². The van der Waals surface area contributed by atoms with Gasteiger partial charge in [-0.05, 0) is 24.3 Å². The van der Waals surface area contributed by atoms with E-state index in [1.165, 1.54) is 0 Å². The Morgan fingerprint density at radius 1 is 0.952 bits per heavy atom. The van der Waals surface area contributed by atoms with Gasteiger partial charge in [-0.25, -0.2) is 4.98 Å². The molecule has 3 nitrogen and oxygen atoms in total. The van der Waals surface area contributed by atoms with Crippen LogP contribution < -0.4 is 10.5 Å². The van der Waals surface area contributed by atoms with Crippen molar-refractivity contribution in [1.82, 2.24) is 4.98 Å². The molecule has 0 unspecified atom stereocenters. The van der Waals surface area contributed by atoms with Crippen LogP contribution in [0.5, 0.6) is 5.75 Å². The van der Waals surface area contributed by atoms with Gasteiger partial charge in [-0.15, -0.1) is 11.3 Å². The Morgan fingerprint density at radius 3 is 2.43 bits per heavy atom. The molecule has 0 bridgehead atoms. The Balaban J connectivity index is 1.80. The first-order valence-electron chi connectivity index (χ1n) is 6.81. The number of ether oxygens (including phenoxy) is 1. The lowest BCUT2D eigenvalue weighted by atomic mass is 10.1. The topological polar surface area (TPSA) is 48.1 Å². The highest BCUT2D eigenvalue weighted by molar-refractivity contribution is 7.13. The molecule has 0 saturated heterocycles. The average Bonchev–Trinajstić information content (AvgIpc) is 3.04. The van der Waals surface area contributed by atoms with E-state index in [1.807, 2.05) is 42.5 Å². The first-order chi connectivity index (χ1) is 10.4. The summed E-state index contributed by atoms with van der Waals surface area (Å²) >= 11 is 1.66. The third-order valence-electron chi connectivity index (χ3n) is 3.06. The van der Waals surface area contributed by atoms with Gasteiger partial charge >= 0.3 is 0 Å². The van der Waals surface area contributed by atoms with Crippen LogP contribution in [0.4, 0.5) is 0 Å². The van der Waals surface area contributed by atoms with E-state index < -0.39 is 0 Å². The number of nitrogens with two attached hydrogens (primary N) is 1. The minimum Gasteiger partial charge on any atom is -0.492 e. The Morgan fingerprint density at radius 2 is 1.71 bits per heavy atom. The van der Waals surface area contributed by atoms with Crippen molar-refractivity contribution in [2.24, 2.45) is 5.73 Å². The van der Waals surface area contributed by atoms with Crippen molar-refractivity contribution in [3.63, 3.8) is 0 Å². The van der Waals surface area contributed by atoms with E-state index in [4.69, 9.17) is 15.5 Å². The first kappa shape index (κ1) is 13.8. The van der Waals surface area contributed by atoms with E-state index in [2.05, 4.69) is 17.5 Å². The van der Waals surface area contributed by atoms with E-state index in [-0.39, 0.29) is 0 Å². The maximum atomic E-state index is 5.48. The fraction of sp³-hybridized carbons (Fsp3) is 0.118. The largest absolute Gasteiger partial charge is 0.492 e. The van der Waals surface area contributed by atoms with E-state index in [0.29, 0.717) is 13.2 Å². The molecule has 4 heteroatoms. The minimum absolute atomic E-state index is 0.522. The molecule has 0 saturated carbocycles. The van der Waals surface area contributed by atoms with Crippen molar-refractivity contribution < 1.29 is 4.74 Å². The lowest BCUT2D eigenvalue weighted by Crippen LogP contribution is -2.10. The smallest absolute Gasteiger partial charge is 0.124 e. The predicted octanol–water partition coefficient (Wildman–Crippen LogP) is 3.81. The zero-order valence-corrected chi connectivity index (χ0v) is 12.3.